The lowest BCUT2D eigenvalue weighted by Crippen LogP contribution is -2.29. The second-order valence-electron chi connectivity index (χ2n) is 4.64. The predicted molar refractivity (Wildman–Crippen MR) is 66.0 cm³/mol. The second kappa shape index (κ2) is 5.17. The molecule has 0 saturated carbocycles. The molecule has 2 heterocycles. The number of carbonyl (C=O) groups excluding carboxylic acids is 1. The average molecular weight is 234 g/mol. The summed E-state index contributed by atoms with van der Waals surface area (Å²) in [7, 11) is 0. The number of likely N-dealkylation sites (tertiary alicyclic amines) is 1. The molecule has 4 nitrogen and oxygen atoms in total. The van der Waals surface area contributed by atoms with Gasteiger partial charge in [-0.25, -0.2) is 0 Å². The molecule has 2 rings (SSSR count). The van der Waals surface area contributed by atoms with Crippen LogP contribution in [0.2, 0.25) is 0 Å². The first kappa shape index (κ1) is 11.9. The molecule has 0 aromatic carbocycles. The number of rotatable bonds is 3. The van der Waals surface area contributed by atoms with Gasteiger partial charge in [0.05, 0.1) is 5.56 Å². The van der Waals surface area contributed by atoms with Gasteiger partial charge in [-0.15, -0.1) is 0 Å². The van der Waals surface area contributed by atoms with Crippen molar-refractivity contribution in [1.29, 1.82) is 0 Å². The molecule has 4 heteroatoms. The highest BCUT2D eigenvalue weighted by Gasteiger charge is 2.26. The molecule has 1 atom stereocenters. The fourth-order valence-corrected chi connectivity index (χ4v) is 2.39. The number of nitrogens with zero attached hydrogens (tertiary/aromatic N) is 1. The van der Waals surface area contributed by atoms with Crippen LogP contribution in [-0.2, 0) is 0 Å². The summed E-state index contributed by atoms with van der Waals surface area (Å²) in [6.45, 7) is 3.86. The number of aromatic amines is 1. The molecule has 1 aromatic rings. The Morgan fingerprint density at radius 1 is 1.53 bits per heavy atom. The van der Waals surface area contributed by atoms with Crippen LogP contribution < -0.4 is 5.56 Å². The van der Waals surface area contributed by atoms with Crippen molar-refractivity contribution in [2.45, 2.75) is 26.2 Å². The van der Waals surface area contributed by atoms with E-state index in [2.05, 4.69) is 11.9 Å². The van der Waals surface area contributed by atoms with Gasteiger partial charge in [0.1, 0.15) is 0 Å². The van der Waals surface area contributed by atoms with Gasteiger partial charge in [0.2, 0.25) is 5.56 Å². The van der Waals surface area contributed by atoms with Crippen LogP contribution in [0.4, 0.5) is 0 Å². The number of aromatic nitrogens is 1. The van der Waals surface area contributed by atoms with Crippen LogP contribution in [0.15, 0.2) is 23.1 Å². The molecule has 0 aliphatic carbocycles. The van der Waals surface area contributed by atoms with Crippen molar-refractivity contribution in [2.75, 3.05) is 13.1 Å². The lowest BCUT2D eigenvalue weighted by atomic mass is 10.0. The first-order valence-corrected chi connectivity index (χ1v) is 6.18. The third-order valence-corrected chi connectivity index (χ3v) is 3.30. The minimum absolute atomic E-state index is 0.0276. The predicted octanol–water partition coefficient (Wildman–Crippen LogP) is 1.64. The van der Waals surface area contributed by atoms with Crippen LogP contribution >= 0.6 is 0 Å². The Kier molecular flexibility index (Phi) is 3.61. The van der Waals surface area contributed by atoms with Crippen molar-refractivity contribution in [3.8, 4) is 0 Å². The number of nitrogens with one attached hydrogen (secondary N) is 1. The zero-order chi connectivity index (χ0) is 12.3. The number of H-pyrrole nitrogens is 1. The van der Waals surface area contributed by atoms with Crippen LogP contribution in [0.1, 0.15) is 36.5 Å². The van der Waals surface area contributed by atoms with Crippen molar-refractivity contribution in [1.82, 2.24) is 9.88 Å². The van der Waals surface area contributed by atoms with Crippen molar-refractivity contribution < 1.29 is 4.79 Å². The molecule has 1 aliphatic rings. The Hall–Kier alpha value is -1.58. The van der Waals surface area contributed by atoms with E-state index in [1.54, 1.807) is 6.07 Å². The monoisotopic (exact) mass is 234 g/mol. The number of hydrogen-bond acceptors (Lipinski definition) is 2. The van der Waals surface area contributed by atoms with Crippen LogP contribution in [0, 0.1) is 5.92 Å². The Balaban J connectivity index is 2.02. The van der Waals surface area contributed by atoms with Crippen molar-refractivity contribution >= 4 is 5.91 Å². The Morgan fingerprint density at radius 3 is 3.00 bits per heavy atom. The molecular weight excluding hydrogens is 216 g/mol. The summed E-state index contributed by atoms with van der Waals surface area (Å²) in [4.78, 5) is 27.5. The molecule has 1 N–H and O–H groups in total. The normalized spacial score (nSPS) is 19.6. The summed E-state index contributed by atoms with van der Waals surface area (Å²) in [6.07, 6.45) is 4.96. The van der Waals surface area contributed by atoms with Gasteiger partial charge < -0.3 is 9.88 Å². The molecule has 17 heavy (non-hydrogen) atoms. The highest BCUT2D eigenvalue weighted by molar-refractivity contribution is 5.94. The van der Waals surface area contributed by atoms with E-state index in [-0.39, 0.29) is 11.5 Å². The Labute approximate surface area is 101 Å². The smallest absolute Gasteiger partial charge is 0.255 e. The van der Waals surface area contributed by atoms with E-state index in [9.17, 15) is 9.59 Å². The highest BCUT2D eigenvalue weighted by atomic mass is 16.2. The topological polar surface area (TPSA) is 53.2 Å². The van der Waals surface area contributed by atoms with Crippen LogP contribution in [-0.4, -0.2) is 28.9 Å². The highest BCUT2D eigenvalue weighted by Crippen LogP contribution is 2.22. The SMILES string of the molecule is CCCC1CCN(C(=O)c2ccc(=O)[nH]c2)C1. The van der Waals surface area contributed by atoms with Gasteiger partial charge in [-0.2, -0.15) is 0 Å². The van der Waals surface area contributed by atoms with E-state index in [1.807, 2.05) is 4.90 Å². The molecule has 1 unspecified atom stereocenters. The van der Waals surface area contributed by atoms with Crippen molar-refractivity contribution in [3.63, 3.8) is 0 Å². The molecule has 0 bridgehead atoms. The molecule has 92 valence electrons. The maximum absolute atomic E-state index is 12.1. The number of amides is 1. The first-order valence-electron chi connectivity index (χ1n) is 6.18. The van der Waals surface area contributed by atoms with Crippen LogP contribution in [0.5, 0.6) is 0 Å². The quantitative estimate of drug-likeness (QED) is 0.864. The minimum Gasteiger partial charge on any atom is -0.338 e. The van der Waals surface area contributed by atoms with Gasteiger partial charge in [0.25, 0.3) is 5.91 Å². The van der Waals surface area contributed by atoms with Gasteiger partial charge in [0.15, 0.2) is 0 Å². The molecule has 1 fully saturated rings. The third-order valence-electron chi connectivity index (χ3n) is 3.30. The van der Waals surface area contributed by atoms with Crippen molar-refractivity contribution in [3.05, 3.63) is 34.2 Å². The van der Waals surface area contributed by atoms with Gasteiger partial charge in [0, 0.05) is 25.4 Å². The number of pyridine rings is 1. The zero-order valence-electron chi connectivity index (χ0n) is 10.1. The summed E-state index contributed by atoms with van der Waals surface area (Å²) in [6, 6.07) is 2.99. The molecule has 1 aliphatic heterocycles. The minimum atomic E-state index is -0.174. The van der Waals surface area contributed by atoms with E-state index < -0.39 is 0 Å². The largest absolute Gasteiger partial charge is 0.338 e. The Morgan fingerprint density at radius 2 is 2.35 bits per heavy atom. The van der Waals surface area contributed by atoms with E-state index in [0.717, 1.165) is 19.5 Å². The summed E-state index contributed by atoms with van der Waals surface area (Å²) in [5.41, 5.74) is 0.397. The number of hydrogen-bond donors (Lipinski definition) is 1. The van der Waals surface area contributed by atoms with Gasteiger partial charge in [-0.3, -0.25) is 9.59 Å². The van der Waals surface area contributed by atoms with Gasteiger partial charge in [-0.1, -0.05) is 13.3 Å². The first-order chi connectivity index (χ1) is 8.20. The maximum Gasteiger partial charge on any atom is 0.255 e. The number of carbonyl (C=O) groups is 1. The lowest BCUT2D eigenvalue weighted by molar-refractivity contribution is 0.0786. The summed E-state index contributed by atoms with van der Waals surface area (Å²) >= 11 is 0. The summed E-state index contributed by atoms with van der Waals surface area (Å²) in [5.74, 6) is 0.673. The third kappa shape index (κ3) is 2.75. The second-order valence-corrected chi connectivity index (χ2v) is 4.64. The summed E-state index contributed by atoms with van der Waals surface area (Å²) < 4.78 is 0. The summed E-state index contributed by atoms with van der Waals surface area (Å²) in [5, 5.41) is 0. The van der Waals surface area contributed by atoms with Gasteiger partial charge in [-0.05, 0) is 24.8 Å². The molecular formula is C13H18N2O2. The average Bonchev–Trinajstić information content (AvgIpc) is 2.78. The molecule has 0 radical (unpaired) electrons. The van der Waals surface area contributed by atoms with Crippen molar-refractivity contribution in [2.24, 2.45) is 5.92 Å². The fourth-order valence-electron chi connectivity index (χ4n) is 2.39. The Bertz CT molecular complexity index is 432. The van der Waals surface area contributed by atoms with Crippen LogP contribution in [0.3, 0.4) is 0 Å². The molecule has 1 aromatic heterocycles. The molecule has 0 spiro atoms. The fraction of sp³-hybridized carbons (Fsp3) is 0.538. The van der Waals surface area contributed by atoms with E-state index in [0.29, 0.717) is 11.5 Å². The zero-order valence-corrected chi connectivity index (χ0v) is 10.1. The molecule has 1 saturated heterocycles. The molecule has 1 amide bonds. The lowest BCUT2D eigenvalue weighted by Gasteiger charge is -2.16. The van der Waals surface area contributed by atoms with Gasteiger partial charge >= 0.3 is 0 Å². The van der Waals surface area contributed by atoms with E-state index in [1.165, 1.54) is 25.1 Å². The maximum atomic E-state index is 12.1. The van der Waals surface area contributed by atoms with Crippen LogP contribution in [0.25, 0.3) is 0 Å². The van der Waals surface area contributed by atoms with E-state index in [4.69, 9.17) is 0 Å². The standard InChI is InChI=1S/C13H18N2O2/c1-2-3-10-6-7-15(9-10)13(17)11-4-5-12(16)14-8-11/h4-5,8,10H,2-3,6-7,9H2,1H3,(H,14,16). The van der Waals surface area contributed by atoms with E-state index >= 15 is 0 Å².